The summed E-state index contributed by atoms with van der Waals surface area (Å²) in [6.07, 6.45) is -0.550. The zero-order chi connectivity index (χ0) is 13.4. The number of aromatic nitrogens is 1. The van der Waals surface area contributed by atoms with Crippen molar-refractivity contribution in [3.05, 3.63) is 29.3 Å². The molecule has 1 aromatic carbocycles. The number of carbonyl (C=O) groups is 1. The minimum absolute atomic E-state index is 0.178. The summed E-state index contributed by atoms with van der Waals surface area (Å²) in [5.41, 5.74) is 0.958. The Morgan fingerprint density at radius 2 is 2.32 bits per heavy atom. The zero-order valence-electron chi connectivity index (χ0n) is 10.4. The van der Waals surface area contributed by atoms with Gasteiger partial charge in [0.15, 0.2) is 0 Å². The minimum atomic E-state index is -0.879. The number of hydrogen-bond donors (Lipinski definition) is 2. The van der Waals surface area contributed by atoms with Crippen LogP contribution in [0.15, 0.2) is 24.3 Å². The Balaban J connectivity index is 1.82. The molecule has 2 aromatic rings. The fraction of sp³-hybridized carbons (Fsp3) is 0.385. The normalized spacial score (nSPS) is 27.5. The number of carboxylic acid groups (broad SMARTS) is 1. The van der Waals surface area contributed by atoms with Gasteiger partial charge < -0.3 is 9.84 Å². The van der Waals surface area contributed by atoms with E-state index in [-0.39, 0.29) is 12.2 Å². The van der Waals surface area contributed by atoms with Crippen LogP contribution in [0, 0.1) is 0 Å². The van der Waals surface area contributed by atoms with Gasteiger partial charge in [-0.15, -0.1) is 11.3 Å². The third-order valence-corrected chi connectivity index (χ3v) is 4.35. The van der Waals surface area contributed by atoms with Crippen molar-refractivity contribution >= 4 is 27.5 Å². The molecule has 1 saturated heterocycles. The molecule has 3 atom stereocenters. The summed E-state index contributed by atoms with van der Waals surface area (Å²) in [6.45, 7) is 2.24. The van der Waals surface area contributed by atoms with Crippen molar-refractivity contribution in [3.63, 3.8) is 0 Å². The highest BCUT2D eigenvalue weighted by Gasteiger charge is 2.34. The largest absolute Gasteiger partial charge is 0.480 e. The Labute approximate surface area is 114 Å². The third kappa shape index (κ3) is 2.34. The van der Waals surface area contributed by atoms with Crippen LogP contribution in [0.25, 0.3) is 10.2 Å². The second-order valence-corrected chi connectivity index (χ2v) is 5.64. The number of para-hydroxylation sites is 1. The van der Waals surface area contributed by atoms with Crippen LogP contribution < -0.4 is 5.32 Å². The maximum atomic E-state index is 11.0. The van der Waals surface area contributed by atoms with E-state index >= 15 is 0 Å². The van der Waals surface area contributed by atoms with Crippen LogP contribution >= 0.6 is 11.3 Å². The molecule has 2 heterocycles. The molecule has 0 saturated carbocycles. The number of nitrogens with zero attached hydrogens (tertiary/aromatic N) is 1. The highest BCUT2D eigenvalue weighted by Crippen LogP contribution is 2.30. The van der Waals surface area contributed by atoms with Gasteiger partial charge in [0.2, 0.25) is 0 Å². The third-order valence-electron chi connectivity index (χ3n) is 3.22. The molecule has 0 spiro atoms. The van der Waals surface area contributed by atoms with Crippen molar-refractivity contribution < 1.29 is 14.6 Å². The van der Waals surface area contributed by atoms with E-state index in [0.717, 1.165) is 15.2 Å². The van der Waals surface area contributed by atoms with Gasteiger partial charge in [0.1, 0.15) is 17.2 Å². The fourth-order valence-electron chi connectivity index (χ4n) is 2.25. The molecule has 0 radical (unpaired) electrons. The molecule has 19 heavy (non-hydrogen) atoms. The van der Waals surface area contributed by atoms with Crippen LogP contribution in [0.2, 0.25) is 0 Å². The molecule has 1 aromatic heterocycles. The number of ether oxygens (including phenoxy) is 1. The molecule has 1 aliphatic rings. The predicted molar refractivity (Wildman–Crippen MR) is 72.3 cm³/mol. The lowest BCUT2D eigenvalue weighted by Gasteiger charge is -2.32. The van der Waals surface area contributed by atoms with Gasteiger partial charge in [-0.2, -0.15) is 0 Å². The van der Waals surface area contributed by atoms with Crippen LogP contribution in [0.5, 0.6) is 0 Å². The Morgan fingerprint density at radius 3 is 3.00 bits per heavy atom. The topological polar surface area (TPSA) is 71.5 Å². The van der Waals surface area contributed by atoms with Crippen LogP contribution in [0.4, 0.5) is 0 Å². The van der Waals surface area contributed by atoms with Gasteiger partial charge in [-0.3, -0.25) is 10.1 Å². The van der Waals surface area contributed by atoms with E-state index in [1.807, 2.05) is 24.3 Å². The lowest BCUT2D eigenvalue weighted by molar-refractivity contribution is -0.149. The van der Waals surface area contributed by atoms with E-state index in [4.69, 9.17) is 9.84 Å². The molecule has 1 aliphatic heterocycles. The van der Waals surface area contributed by atoms with Crippen molar-refractivity contribution in [1.82, 2.24) is 10.3 Å². The Morgan fingerprint density at radius 1 is 1.53 bits per heavy atom. The summed E-state index contributed by atoms with van der Waals surface area (Å²) in [7, 11) is 0. The van der Waals surface area contributed by atoms with Crippen molar-refractivity contribution in [2.75, 3.05) is 6.54 Å². The average molecular weight is 278 g/mol. The number of rotatable bonds is 2. The van der Waals surface area contributed by atoms with Crippen molar-refractivity contribution in [3.8, 4) is 0 Å². The first kappa shape index (κ1) is 12.5. The SMILES string of the molecule is CC1OC(c2nc3ccccc3s2)CNC1C(=O)O. The summed E-state index contributed by atoms with van der Waals surface area (Å²) in [5.74, 6) is -0.879. The number of morpholine rings is 1. The van der Waals surface area contributed by atoms with Crippen molar-refractivity contribution in [2.45, 2.75) is 25.2 Å². The summed E-state index contributed by atoms with van der Waals surface area (Å²) in [6, 6.07) is 7.28. The zero-order valence-corrected chi connectivity index (χ0v) is 11.2. The molecule has 0 amide bonds. The van der Waals surface area contributed by atoms with E-state index in [0.29, 0.717) is 6.54 Å². The number of fused-ring (bicyclic) bond motifs is 1. The number of aliphatic carboxylic acids is 1. The lowest BCUT2D eigenvalue weighted by atomic mass is 10.1. The van der Waals surface area contributed by atoms with E-state index in [1.54, 1.807) is 18.3 Å². The Kier molecular flexibility index (Phi) is 3.22. The summed E-state index contributed by atoms with van der Waals surface area (Å²) >= 11 is 1.59. The monoisotopic (exact) mass is 278 g/mol. The first-order chi connectivity index (χ1) is 9.15. The molecule has 0 bridgehead atoms. The van der Waals surface area contributed by atoms with E-state index in [9.17, 15) is 4.79 Å². The maximum absolute atomic E-state index is 11.0. The number of benzene rings is 1. The molecule has 1 fully saturated rings. The van der Waals surface area contributed by atoms with Gasteiger partial charge >= 0.3 is 5.97 Å². The highest BCUT2D eigenvalue weighted by molar-refractivity contribution is 7.18. The molecule has 0 aliphatic carbocycles. The quantitative estimate of drug-likeness (QED) is 0.876. The molecule has 5 nitrogen and oxygen atoms in total. The fourth-order valence-corrected chi connectivity index (χ4v) is 3.25. The first-order valence-electron chi connectivity index (χ1n) is 6.12. The molecule has 100 valence electrons. The minimum Gasteiger partial charge on any atom is -0.480 e. The van der Waals surface area contributed by atoms with Gasteiger partial charge in [-0.1, -0.05) is 12.1 Å². The van der Waals surface area contributed by atoms with Crippen LogP contribution in [0.3, 0.4) is 0 Å². The van der Waals surface area contributed by atoms with Crippen LogP contribution in [0.1, 0.15) is 18.0 Å². The van der Waals surface area contributed by atoms with Crippen LogP contribution in [-0.4, -0.2) is 34.8 Å². The Hall–Kier alpha value is -1.50. The summed E-state index contributed by atoms with van der Waals surface area (Å²) < 4.78 is 6.90. The second-order valence-electron chi connectivity index (χ2n) is 4.57. The van der Waals surface area contributed by atoms with Crippen LogP contribution in [-0.2, 0) is 9.53 Å². The molecule has 2 N–H and O–H groups in total. The smallest absolute Gasteiger partial charge is 0.323 e. The summed E-state index contributed by atoms with van der Waals surface area (Å²) in [4.78, 5) is 15.5. The maximum Gasteiger partial charge on any atom is 0.323 e. The van der Waals surface area contributed by atoms with E-state index in [2.05, 4.69) is 10.3 Å². The van der Waals surface area contributed by atoms with Crippen molar-refractivity contribution in [1.29, 1.82) is 0 Å². The molecule has 3 rings (SSSR count). The van der Waals surface area contributed by atoms with Gasteiger partial charge in [0.05, 0.1) is 16.3 Å². The first-order valence-corrected chi connectivity index (χ1v) is 6.94. The highest BCUT2D eigenvalue weighted by atomic mass is 32.1. The van der Waals surface area contributed by atoms with Gasteiger partial charge in [-0.05, 0) is 19.1 Å². The van der Waals surface area contributed by atoms with E-state index < -0.39 is 12.0 Å². The lowest BCUT2D eigenvalue weighted by Crippen LogP contribution is -2.52. The Bertz CT molecular complexity index is 580. The number of nitrogens with one attached hydrogen (secondary N) is 1. The van der Waals surface area contributed by atoms with Gasteiger partial charge in [0, 0.05) is 6.54 Å². The predicted octanol–water partition coefficient (Wildman–Crippen LogP) is 1.80. The van der Waals surface area contributed by atoms with E-state index in [1.165, 1.54) is 0 Å². The standard InChI is InChI=1S/C13H14N2O3S/c1-7-11(13(16)17)14-6-9(18-7)12-15-8-4-2-3-5-10(8)19-12/h2-5,7,9,11,14H,6H2,1H3,(H,16,17). The van der Waals surface area contributed by atoms with Gasteiger partial charge in [0.25, 0.3) is 0 Å². The van der Waals surface area contributed by atoms with Crippen molar-refractivity contribution in [2.24, 2.45) is 0 Å². The summed E-state index contributed by atoms with van der Waals surface area (Å²) in [5, 5.41) is 12.9. The van der Waals surface area contributed by atoms with Gasteiger partial charge in [-0.25, -0.2) is 4.98 Å². The molecule has 3 unspecified atom stereocenters. The number of hydrogen-bond acceptors (Lipinski definition) is 5. The second kappa shape index (κ2) is 4.88. The molecular weight excluding hydrogens is 264 g/mol. The number of thiazole rings is 1. The number of carboxylic acids is 1. The molecular formula is C13H14N2O3S. The average Bonchev–Trinajstić information content (AvgIpc) is 2.81. The molecule has 6 heteroatoms.